The van der Waals surface area contributed by atoms with Gasteiger partial charge >= 0.3 is 0 Å². The van der Waals surface area contributed by atoms with Gasteiger partial charge < -0.3 is 14.7 Å². The predicted octanol–water partition coefficient (Wildman–Crippen LogP) is 0.973. The van der Waals surface area contributed by atoms with Gasteiger partial charge in [0.2, 0.25) is 0 Å². The summed E-state index contributed by atoms with van der Waals surface area (Å²) in [6.45, 7) is 5.14. The Balaban J connectivity index is 2.41. The molecule has 16 heavy (non-hydrogen) atoms. The van der Waals surface area contributed by atoms with Crippen molar-refractivity contribution < 1.29 is 9.32 Å². The molecule has 1 N–H and O–H groups in total. The monoisotopic (exact) mass is 225 g/mol. The van der Waals surface area contributed by atoms with Crippen molar-refractivity contribution in [1.82, 2.24) is 15.4 Å². The van der Waals surface area contributed by atoms with E-state index in [0.29, 0.717) is 23.6 Å². The standard InChI is InChI=1S/C11H19N3O2/c1-8-10(9(2)16-13-8)11(15)12-6-5-7-14(3)4/h5-7H2,1-4H3,(H,12,15). The molecule has 0 aliphatic rings. The lowest BCUT2D eigenvalue weighted by Gasteiger charge is -2.09. The quantitative estimate of drug-likeness (QED) is 0.759. The average molecular weight is 225 g/mol. The van der Waals surface area contributed by atoms with Gasteiger partial charge in [-0.2, -0.15) is 0 Å². The summed E-state index contributed by atoms with van der Waals surface area (Å²) in [5.41, 5.74) is 1.20. The maximum Gasteiger partial charge on any atom is 0.256 e. The summed E-state index contributed by atoms with van der Waals surface area (Å²) in [7, 11) is 4.02. The number of nitrogens with zero attached hydrogens (tertiary/aromatic N) is 2. The molecule has 90 valence electrons. The summed E-state index contributed by atoms with van der Waals surface area (Å²) in [6.07, 6.45) is 0.933. The Morgan fingerprint density at radius 3 is 2.62 bits per heavy atom. The fraction of sp³-hybridized carbons (Fsp3) is 0.636. The molecule has 1 amide bonds. The lowest BCUT2D eigenvalue weighted by atomic mass is 10.2. The van der Waals surface area contributed by atoms with Crippen molar-refractivity contribution in [3.63, 3.8) is 0 Å². The largest absolute Gasteiger partial charge is 0.361 e. The minimum atomic E-state index is -0.102. The number of hydrogen-bond donors (Lipinski definition) is 1. The van der Waals surface area contributed by atoms with Gasteiger partial charge in [-0.25, -0.2) is 0 Å². The van der Waals surface area contributed by atoms with Gasteiger partial charge in [-0.05, 0) is 40.9 Å². The number of aromatic nitrogens is 1. The highest BCUT2D eigenvalue weighted by atomic mass is 16.5. The Labute approximate surface area is 95.8 Å². The fourth-order valence-corrected chi connectivity index (χ4v) is 1.49. The number of aryl methyl sites for hydroxylation is 2. The summed E-state index contributed by atoms with van der Waals surface area (Å²) in [4.78, 5) is 13.9. The van der Waals surface area contributed by atoms with E-state index in [0.717, 1.165) is 13.0 Å². The zero-order valence-electron chi connectivity index (χ0n) is 10.3. The topological polar surface area (TPSA) is 58.4 Å². The minimum absolute atomic E-state index is 0.102. The molecule has 0 aliphatic heterocycles. The number of amides is 1. The fourth-order valence-electron chi connectivity index (χ4n) is 1.49. The highest BCUT2D eigenvalue weighted by Gasteiger charge is 2.16. The third-order valence-corrected chi connectivity index (χ3v) is 2.33. The molecule has 0 unspecified atom stereocenters. The molecule has 1 rings (SSSR count). The van der Waals surface area contributed by atoms with Crippen molar-refractivity contribution in [3.05, 3.63) is 17.0 Å². The van der Waals surface area contributed by atoms with Crippen LogP contribution in [0.25, 0.3) is 0 Å². The van der Waals surface area contributed by atoms with Crippen LogP contribution >= 0.6 is 0 Å². The molecule has 0 aliphatic carbocycles. The molecular formula is C11H19N3O2. The van der Waals surface area contributed by atoms with Crippen LogP contribution in [0.2, 0.25) is 0 Å². The van der Waals surface area contributed by atoms with Crippen molar-refractivity contribution in [1.29, 1.82) is 0 Å². The summed E-state index contributed by atoms with van der Waals surface area (Å²) in [5.74, 6) is 0.470. The van der Waals surface area contributed by atoms with Crippen LogP contribution in [0.1, 0.15) is 28.2 Å². The Morgan fingerprint density at radius 2 is 2.12 bits per heavy atom. The Morgan fingerprint density at radius 1 is 1.44 bits per heavy atom. The smallest absolute Gasteiger partial charge is 0.256 e. The summed E-state index contributed by atoms with van der Waals surface area (Å²) in [6, 6.07) is 0. The van der Waals surface area contributed by atoms with Gasteiger partial charge in [0.25, 0.3) is 5.91 Å². The first-order chi connectivity index (χ1) is 7.52. The number of rotatable bonds is 5. The maximum absolute atomic E-state index is 11.8. The number of hydrogen-bond acceptors (Lipinski definition) is 4. The van der Waals surface area contributed by atoms with Gasteiger partial charge in [-0.15, -0.1) is 0 Å². The van der Waals surface area contributed by atoms with Gasteiger partial charge in [-0.1, -0.05) is 5.16 Å². The van der Waals surface area contributed by atoms with Crippen LogP contribution in [-0.2, 0) is 0 Å². The van der Waals surface area contributed by atoms with E-state index in [-0.39, 0.29) is 5.91 Å². The van der Waals surface area contributed by atoms with Gasteiger partial charge in [0, 0.05) is 6.54 Å². The Hall–Kier alpha value is -1.36. The molecule has 0 atom stereocenters. The molecule has 0 saturated heterocycles. The number of nitrogens with one attached hydrogen (secondary N) is 1. The Bertz CT molecular complexity index is 339. The molecule has 0 saturated carbocycles. The van der Waals surface area contributed by atoms with Crippen molar-refractivity contribution >= 4 is 5.91 Å². The van der Waals surface area contributed by atoms with Crippen LogP contribution in [0, 0.1) is 13.8 Å². The zero-order chi connectivity index (χ0) is 12.1. The van der Waals surface area contributed by atoms with Gasteiger partial charge in [0.05, 0.1) is 5.69 Å². The second-order valence-corrected chi connectivity index (χ2v) is 4.11. The van der Waals surface area contributed by atoms with E-state index < -0.39 is 0 Å². The SMILES string of the molecule is Cc1noc(C)c1C(=O)NCCCN(C)C. The van der Waals surface area contributed by atoms with E-state index in [9.17, 15) is 4.79 Å². The van der Waals surface area contributed by atoms with Crippen LogP contribution in [0.4, 0.5) is 0 Å². The van der Waals surface area contributed by atoms with Crippen LogP contribution < -0.4 is 5.32 Å². The molecule has 0 fully saturated rings. The third kappa shape index (κ3) is 3.34. The molecule has 5 nitrogen and oxygen atoms in total. The molecule has 0 bridgehead atoms. The first kappa shape index (κ1) is 12.7. The maximum atomic E-state index is 11.8. The van der Waals surface area contributed by atoms with E-state index in [2.05, 4.69) is 15.4 Å². The van der Waals surface area contributed by atoms with Crippen molar-refractivity contribution in [2.24, 2.45) is 0 Å². The van der Waals surface area contributed by atoms with E-state index in [1.165, 1.54) is 0 Å². The van der Waals surface area contributed by atoms with E-state index >= 15 is 0 Å². The Kier molecular flexibility index (Phi) is 4.49. The second kappa shape index (κ2) is 5.65. The van der Waals surface area contributed by atoms with Crippen LogP contribution in [0.3, 0.4) is 0 Å². The summed E-state index contributed by atoms with van der Waals surface area (Å²) < 4.78 is 4.94. The molecule has 0 aromatic carbocycles. The van der Waals surface area contributed by atoms with Crippen molar-refractivity contribution in [3.8, 4) is 0 Å². The first-order valence-electron chi connectivity index (χ1n) is 5.38. The van der Waals surface area contributed by atoms with Crippen LogP contribution in [0.15, 0.2) is 4.52 Å². The third-order valence-electron chi connectivity index (χ3n) is 2.33. The van der Waals surface area contributed by atoms with Crippen LogP contribution in [-0.4, -0.2) is 43.1 Å². The normalized spacial score (nSPS) is 10.8. The molecule has 1 aromatic heterocycles. The number of carbonyl (C=O) groups is 1. The molecule has 1 aromatic rings. The first-order valence-corrected chi connectivity index (χ1v) is 5.38. The van der Waals surface area contributed by atoms with E-state index in [1.54, 1.807) is 13.8 Å². The zero-order valence-corrected chi connectivity index (χ0v) is 10.3. The molecule has 0 radical (unpaired) electrons. The lowest BCUT2D eigenvalue weighted by Crippen LogP contribution is -2.27. The van der Waals surface area contributed by atoms with E-state index in [4.69, 9.17) is 4.52 Å². The van der Waals surface area contributed by atoms with Gasteiger partial charge in [0.1, 0.15) is 11.3 Å². The average Bonchev–Trinajstić information content (AvgIpc) is 2.53. The minimum Gasteiger partial charge on any atom is -0.361 e. The lowest BCUT2D eigenvalue weighted by molar-refractivity contribution is 0.0950. The van der Waals surface area contributed by atoms with E-state index in [1.807, 2.05) is 14.1 Å². The number of carbonyl (C=O) groups excluding carboxylic acids is 1. The summed E-state index contributed by atoms with van der Waals surface area (Å²) >= 11 is 0. The van der Waals surface area contributed by atoms with Crippen molar-refractivity contribution in [2.45, 2.75) is 20.3 Å². The summed E-state index contributed by atoms with van der Waals surface area (Å²) in [5, 5.41) is 6.61. The highest BCUT2D eigenvalue weighted by molar-refractivity contribution is 5.96. The highest BCUT2D eigenvalue weighted by Crippen LogP contribution is 2.11. The second-order valence-electron chi connectivity index (χ2n) is 4.11. The molecule has 1 heterocycles. The van der Waals surface area contributed by atoms with Gasteiger partial charge in [-0.3, -0.25) is 4.79 Å². The van der Waals surface area contributed by atoms with Crippen LogP contribution in [0.5, 0.6) is 0 Å². The van der Waals surface area contributed by atoms with Gasteiger partial charge in [0.15, 0.2) is 0 Å². The predicted molar refractivity (Wildman–Crippen MR) is 61.5 cm³/mol. The van der Waals surface area contributed by atoms with Crippen molar-refractivity contribution in [2.75, 3.05) is 27.2 Å². The molecule has 5 heteroatoms. The molecule has 0 spiro atoms. The molecular weight excluding hydrogens is 206 g/mol.